The van der Waals surface area contributed by atoms with Crippen LogP contribution in [0.4, 0.5) is 0 Å². The van der Waals surface area contributed by atoms with Crippen molar-refractivity contribution in [3.63, 3.8) is 0 Å². The van der Waals surface area contributed by atoms with Crippen molar-refractivity contribution in [2.45, 2.75) is 25.6 Å². The van der Waals surface area contributed by atoms with Gasteiger partial charge in [-0.2, -0.15) is 0 Å². The smallest absolute Gasteiger partial charge is 0.309 e. The molecule has 1 aliphatic rings. The van der Waals surface area contributed by atoms with Gasteiger partial charge in [0.05, 0.1) is 13.2 Å². The van der Waals surface area contributed by atoms with Gasteiger partial charge in [-0.25, -0.2) is 0 Å². The summed E-state index contributed by atoms with van der Waals surface area (Å²) < 4.78 is 5.29. The zero-order chi connectivity index (χ0) is 21.5. The molecule has 0 saturated carbocycles. The molecule has 1 saturated heterocycles. The monoisotopic (exact) mass is 430 g/mol. The van der Waals surface area contributed by atoms with Crippen molar-refractivity contribution in [1.29, 1.82) is 0 Å². The second-order valence-electron chi connectivity index (χ2n) is 7.56. The van der Waals surface area contributed by atoms with E-state index in [1.165, 1.54) is 4.88 Å². The fourth-order valence-corrected chi connectivity index (χ4v) is 4.72. The van der Waals surface area contributed by atoms with Crippen LogP contribution in [0.15, 0.2) is 41.8 Å². The zero-order valence-electron chi connectivity index (χ0n) is 17.8. The Balaban J connectivity index is 1.61. The molecule has 1 aliphatic heterocycles. The number of nitrogens with zero attached hydrogens (tertiary/aromatic N) is 2. The van der Waals surface area contributed by atoms with Crippen LogP contribution in [0.1, 0.15) is 23.4 Å². The molecule has 3 rings (SSSR count). The van der Waals surface area contributed by atoms with Gasteiger partial charge in [0.1, 0.15) is 5.75 Å². The number of likely N-dealkylation sites (N-methyl/N-ethyl adjacent to an activating group) is 1. The molecule has 0 radical (unpaired) electrons. The Morgan fingerprint density at radius 3 is 2.50 bits per heavy atom. The van der Waals surface area contributed by atoms with E-state index in [2.05, 4.69) is 33.5 Å². The molecule has 0 aliphatic carbocycles. The molecule has 1 fully saturated rings. The van der Waals surface area contributed by atoms with Crippen molar-refractivity contribution >= 4 is 23.2 Å². The highest BCUT2D eigenvalue weighted by Crippen LogP contribution is 2.29. The maximum absolute atomic E-state index is 12.6. The molecular formula is C22H30N4O3S. The Morgan fingerprint density at radius 2 is 1.83 bits per heavy atom. The first-order chi connectivity index (χ1) is 14.5. The number of carbonyl (C=O) groups excluding carboxylic acids is 2. The molecular weight excluding hydrogens is 400 g/mol. The largest absolute Gasteiger partial charge is 0.496 e. The van der Waals surface area contributed by atoms with Gasteiger partial charge in [0.15, 0.2) is 0 Å². The average molecular weight is 431 g/mol. The number of rotatable bonds is 7. The molecule has 2 heterocycles. The highest BCUT2D eigenvalue weighted by atomic mass is 32.1. The molecule has 2 aromatic rings. The number of amides is 2. The van der Waals surface area contributed by atoms with Gasteiger partial charge < -0.3 is 20.3 Å². The lowest BCUT2D eigenvalue weighted by atomic mass is 10.0. The van der Waals surface area contributed by atoms with Crippen LogP contribution in [-0.4, -0.2) is 68.0 Å². The molecule has 1 aromatic carbocycles. The minimum absolute atomic E-state index is 0.0460. The number of benzene rings is 1. The van der Waals surface area contributed by atoms with Gasteiger partial charge in [0.25, 0.3) is 0 Å². The van der Waals surface area contributed by atoms with Crippen molar-refractivity contribution in [3.05, 3.63) is 52.2 Å². The Morgan fingerprint density at radius 1 is 1.10 bits per heavy atom. The summed E-state index contributed by atoms with van der Waals surface area (Å²) in [6.45, 7) is 6.04. The predicted octanol–water partition coefficient (Wildman–Crippen LogP) is 1.87. The van der Waals surface area contributed by atoms with Gasteiger partial charge in [-0.05, 0) is 31.5 Å². The number of hydrogen-bond acceptors (Lipinski definition) is 6. The summed E-state index contributed by atoms with van der Waals surface area (Å²) in [4.78, 5) is 30.8. The Kier molecular flexibility index (Phi) is 7.84. The first kappa shape index (κ1) is 22.3. The van der Waals surface area contributed by atoms with Gasteiger partial charge in [-0.1, -0.05) is 24.3 Å². The van der Waals surface area contributed by atoms with Gasteiger partial charge in [0.2, 0.25) is 0 Å². The van der Waals surface area contributed by atoms with E-state index in [0.717, 1.165) is 31.7 Å². The zero-order valence-corrected chi connectivity index (χ0v) is 18.6. The van der Waals surface area contributed by atoms with Crippen LogP contribution in [0.5, 0.6) is 5.75 Å². The Bertz CT molecular complexity index is 835. The van der Waals surface area contributed by atoms with Gasteiger partial charge in [-0.15, -0.1) is 11.3 Å². The van der Waals surface area contributed by atoms with Crippen molar-refractivity contribution in [1.82, 2.24) is 20.4 Å². The van der Waals surface area contributed by atoms with Crippen LogP contribution < -0.4 is 15.4 Å². The van der Waals surface area contributed by atoms with Crippen LogP contribution in [-0.2, 0) is 16.1 Å². The second kappa shape index (κ2) is 10.6. The second-order valence-corrected chi connectivity index (χ2v) is 8.54. The van der Waals surface area contributed by atoms with E-state index in [0.29, 0.717) is 5.75 Å². The summed E-state index contributed by atoms with van der Waals surface area (Å²) in [5, 5.41) is 7.65. The molecule has 1 aromatic heterocycles. The minimum atomic E-state index is -0.643. The summed E-state index contributed by atoms with van der Waals surface area (Å²) in [5.41, 5.74) is 0.822. The van der Waals surface area contributed by atoms with E-state index in [4.69, 9.17) is 4.74 Å². The number of methoxy groups -OCH3 is 1. The van der Waals surface area contributed by atoms with E-state index >= 15 is 0 Å². The van der Waals surface area contributed by atoms with Crippen molar-refractivity contribution in [3.8, 4) is 5.75 Å². The lowest BCUT2D eigenvalue weighted by molar-refractivity contribution is -0.140. The van der Waals surface area contributed by atoms with Gasteiger partial charge in [-0.3, -0.25) is 14.5 Å². The average Bonchev–Trinajstić information content (AvgIpc) is 3.28. The Labute approximate surface area is 182 Å². The third kappa shape index (κ3) is 5.59. The molecule has 0 bridgehead atoms. The quantitative estimate of drug-likeness (QED) is 0.656. The molecule has 2 amide bonds. The van der Waals surface area contributed by atoms with Gasteiger partial charge in [0, 0.05) is 49.2 Å². The van der Waals surface area contributed by atoms with E-state index in [9.17, 15) is 9.59 Å². The SMILES string of the molecule is COc1ccccc1CNC(=O)C(=O)NC(C)C(c1cccs1)N1CCN(C)CC1. The molecule has 2 atom stereocenters. The lowest BCUT2D eigenvalue weighted by Crippen LogP contribution is -2.53. The molecule has 30 heavy (non-hydrogen) atoms. The molecule has 162 valence electrons. The summed E-state index contributed by atoms with van der Waals surface area (Å²) in [7, 11) is 3.70. The summed E-state index contributed by atoms with van der Waals surface area (Å²) >= 11 is 1.68. The van der Waals surface area contributed by atoms with Crippen LogP contribution in [0.2, 0.25) is 0 Å². The number of carbonyl (C=O) groups is 2. The summed E-state index contributed by atoms with van der Waals surface area (Å²) in [6, 6.07) is 11.4. The van der Waals surface area contributed by atoms with Crippen molar-refractivity contribution in [2.75, 3.05) is 40.3 Å². The van der Waals surface area contributed by atoms with Crippen LogP contribution in [0, 0.1) is 0 Å². The molecule has 7 nitrogen and oxygen atoms in total. The number of hydrogen-bond donors (Lipinski definition) is 2. The first-order valence-corrected chi connectivity index (χ1v) is 11.0. The number of ether oxygens (including phenoxy) is 1. The summed E-state index contributed by atoms with van der Waals surface area (Å²) in [5.74, 6) is -0.580. The highest BCUT2D eigenvalue weighted by Gasteiger charge is 2.31. The molecule has 8 heteroatoms. The molecule has 2 N–H and O–H groups in total. The third-order valence-corrected chi connectivity index (χ3v) is 6.38. The molecule has 0 spiro atoms. The highest BCUT2D eigenvalue weighted by molar-refractivity contribution is 7.10. The topological polar surface area (TPSA) is 73.9 Å². The minimum Gasteiger partial charge on any atom is -0.496 e. The lowest BCUT2D eigenvalue weighted by Gasteiger charge is -2.40. The van der Waals surface area contributed by atoms with Crippen molar-refractivity contribution < 1.29 is 14.3 Å². The maximum Gasteiger partial charge on any atom is 0.309 e. The van der Waals surface area contributed by atoms with Crippen LogP contribution in [0.25, 0.3) is 0 Å². The van der Waals surface area contributed by atoms with E-state index in [1.807, 2.05) is 42.6 Å². The molecule has 2 unspecified atom stereocenters. The van der Waals surface area contributed by atoms with E-state index in [-0.39, 0.29) is 18.6 Å². The first-order valence-electron chi connectivity index (χ1n) is 10.2. The fraction of sp³-hybridized carbons (Fsp3) is 0.455. The number of nitrogens with one attached hydrogen (secondary N) is 2. The van der Waals surface area contributed by atoms with Crippen LogP contribution >= 0.6 is 11.3 Å². The maximum atomic E-state index is 12.6. The normalized spacial score (nSPS) is 17.2. The number of piperazine rings is 1. The fourth-order valence-electron chi connectivity index (χ4n) is 3.76. The van der Waals surface area contributed by atoms with Crippen LogP contribution in [0.3, 0.4) is 0 Å². The predicted molar refractivity (Wildman–Crippen MR) is 119 cm³/mol. The van der Waals surface area contributed by atoms with E-state index in [1.54, 1.807) is 18.4 Å². The van der Waals surface area contributed by atoms with Crippen molar-refractivity contribution in [2.24, 2.45) is 0 Å². The summed E-state index contributed by atoms with van der Waals surface area (Å²) in [6.07, 6.45) is 0. The van der Waals surface area contributed by atoms with E-state index < -0.39 is 11.8 Å². The standard InChI is InChI=1S/C22H30N4O3S/c1-16(20(19-9-6-14-30-19)26-12-10-25(2)11-13-26)24-22(28)21(27)23-15-17-7-4-5-8-18(17)29-3/h4-9,14,16,20H,10-13,15H2,1-3H3,(H,23,27)(H,24,28). The Hall–Kier alpha value is -2.42. The number of thiophene rings is 1. The number of para-hydroxylation sites is 1. The van der Waals surface area contributed by atoms with Gasteiger partial charge >= 0.3 is 11.8 Å². The third-order valence-electron chi connectivity index (χ3n) is 5.44.